The smallest absolute Gasteiger partial charge is 0.268 e. The number of amides is 1. The van der Waals surface area contributed by atoms with Crippen molar-refractivity contribution in [3.05, 3.63) is 0 Å². The minimum absolute atomic E-state index is 0.0724. The highest BCUT2D eigenvalue weighted by Crippen LogP contribution is 2.38. The highest BCUT2D eigenvalue weighted by Gasteiger charge is 2.17. The van der Waals surface area contributed by atoms with E-state index in [0.717, 1.165) is 12.2 Å². The zero-order chi connectivity index (χ0) is 26.4. The molecule has 0 saturated carbocycles. The van der Waals surface area contributed by atoms with Crippen LogP contribution in [0.25, 0.3) is 0 Å². The van der Waals surface area contributed by atoms with Crippen LogP contribution in [-0.4, -0.2) is 68.8 Å². The summed E-state index contributed by atoms with van der Waals surface area (Å²) in [4.78, 5) is 23.5. The van der Waals surface area contributed by atoms with E-state index in [1.165, 1.54) is 90.4 Å². The average Bonchev–Trinajstić information content (AvgIpc) is 2.75. The van der Waals surface area contributed by atoms with Crippen LogP contribution in [0.5, 0.6) is 0 Å². The Kier molecular flexibility index (Phi) is 21.9. The van der Waals surface area contributed by atoms with Crippen LogP contribution in [0.3, 0.4) is 0 Å². The first-order valence-corrected chi connectivity index (χ1v) is 16.4. The minimum Gasteiger partial charge on any atom is -0.756 e. The van der Waals surface area contributed by atoms with Crippen molar-refractivity contribution in [3.8, 4) is 0 Å². The molecule has 0 aliphatic carbocycles. The molecular formula is C26H55N2O5PS. The molecule has 0 rings (SSSR count). The van der Waals surface area contributed by atoms with E-state index in [1.807, 2.05) is 21.1 Å². The Morgan fingerprint density at radius 2 is 1.37 bits per heavy atom. The maximum Gasteiger partial charge on any atom is 0.268 e. The number of nitrogens with one attached hydrogen (secondary N) is 1. The number of rotatable bonds is 25. The lowest BCUT2D eigenvalue weighted by atomic mass is 10.0. The van der Waals surface area contributed by atoms with Crippen LogP contribution in [0.4, 0.5) is 0 Å². The van der Waals surface area contributed by atoms with Crippen molar-refractivity contribution in [2.24, 2.45) is 0 Å². The highest BCUT2D eigenvalue weighted by molar-refractivity contribution is 7.99. The Hall–Kier alpha value is -0.110. The van der Waals surface area contributed by atoms with E-state index in [0.29, 0.717) is 16.8 Å². The molecule has 0 aliphatic rings. The molecule has 0 aromatic carbocycles. The van der Waals surface area contributed by atoms with E-state index in [2.05, 4.69) is 12.2 Å². The van der Waals surface area contributed by atoms with E-state index in [9.17, 15) is 14.3 Å². The molecule has 2 atom stereocenters. The molecule has 0 aromatic rings. The predicted octanol–water partition coefficient (Wildman–Crippen LogP) is 5.91. The fraction of sp³-hybridized carbons (Fsp3) is 0.962. The van der Waals surface area contributed by atoms with Gasteiger partial charge in [-0.2, -0.15) is 11.8 Å². The molecule has 1 amide bonds. The molecule has 35 heavy (non-hydrogen) atoms. The standard InChI is InChI=1S/C26H55N2O5PS/c1-6-7-8-9-10-11-12-13-14-15-16-17-18-19-22-35-24-26(27-25(2)29)23-33-34(30,31)32-21-20-28(3,4)5/h26H,6-24H2,1-5H3,(H-,27,29,30,31). The lowest BCUT2D eigenvalue weighted by Gasteiger charge is -2.28. The maximum atomic E-state index is 12.0. The van der Waals surface area contributed by atoms with Crippen LogP contribution < -0.4 is 10.2 Å². The van der Waals surface area contributed by atoms with Crippen molar-refractivity contribution >= 4 is 25.5 Å². The maximum absolute atomic E-state index is 12.0. The van der Waals surface area contributed by atoms with Crippen LogP contribution in [-0.2, 0) is 18.4 Å². The average molecular weight is 539 g/mol. The molecule has 0 radical (unpaired) electrons. The van der Waals surface area contributed by atoms with Crippen molar-refractivity contribution in [1.29, 1.82) is 0 Å². The first-order chi connectivity index (χ1) is 16.6. The molecule has 2 unspecified atom stereocenters. The molecule has 210 valence electrons. The Morgan fingerprint density at radius 3 is 1.83 bits per heavy atom. The Balaban J connectivity index is 3.77. The van der Waals surface area contributed by atoms with Crippen LogP contribution in [0.2, 0.25) is 0 Å². The van der Waals surface area contributed by atoms with E-state index >= 15 is 0 Å². The van der Waals surface area contributed by atoms with Crippen LogP contribution >= 0.6 is 19.6 Å². The second-order valence-electron chi connectivity index (χ2n) is 10.7. The molecule has 7 nitrogen and oxygen atoms in total. The van der Waals surface area contributed by atoms with Gasteiger partial charge in [0.2, 0.25) is 5.91 Å². The van der Waals surface area contributed by atoms with Crippen molar-refractivity contribution in [2.45, 2.75) is 110 Å². The van der Waals surface area contributed by atoms with Gasteiger partial charge < -0.3 is 23.7 Å². The number of carbonyl (C=O) groups excluding carboxylic acids is 1. The van der Waals surface area contributed by atoms with Gasteiger partial charge in [-0.3, -0.25) is 9.36 Å². The quantitative estimate of drug-likeness (QED) is 0.0883. The fourth-order valence-corrected chi connectivity index (χ4v) is 5.47. The number of phosphoric ester groups is 1. The third kappa shape index (κ3) is 26.8. The summed E-state index contributed by atoms with van der Waals surface area (Å²) in [5.41, 5.74) is 0. The zero-order valence-electron chi connectivity index (χ0n) is 23.4. The fourth-order valence-electron chi connectivity index (χ4n) is 3.69. The van der Waals surface area contributed by atoms with Crippen molar-refractivity contribution in [1.82, 2.24) is 5.32 Å². The lowest BCUT2D eigenvalue weighted by Crippen LogP contribution is -2.39. The number of phosphoric acid groups is 1. The van der Waals surface area contributed by atoms with Crippen LogP contribution in [0.1, 0.15) is 104 Å². The molecular weight excluding hydrogens is 483 g/mol. The minimum atomic E-state index is -4.37. The van der Waals surface area contributed by atoms with E-state index in [-0.39, 0.29) is 25.2 Å². The van der Waals surface area contributed by atoms with Gasteiger partial charge in [-0.15, -0.1) is 0 Å². The van der Waals surface area contributed by atoms with Gasteiger partial charge in [0.25, 0.3) is 7.82 Å². The number of hydrogen-bond acceptors (Lipinski definition) is 6. The topological polar surface area (TPSA) is 87.7 Å². The highest BCUT2D eigenvalue weighted by atomic mass is 32.2. The molecule has 0 saturated heterocycles. The molecule has 0 bridgehead atoms. The van der Waals surface area contributed by atoms with Crippen LogP contribution in [0.15, 0.2) is 0 Å². The van der Waals surface area contributed by atoms with Crippen molar-refractivity contribution in [3.63, 3.8) is 0 Å². The van der Waals surface area contributed by atoms with Crippen molar-refractivity contribution < 1.29 is 27.8 Å². The summed E-state index contributed by atoms with van der Waals surface area (Å²) in [6.45, 7) is 4.22. The summed E-state index contributed by atoms with van der Waals surface area (Å²) in [6.07, 6.45) is 18.8. The van der Waals surface area contributed by atoms with Gasteiger partial charge in [0.15, 0.2) is 0 Å². The van der Waals surface area contributed by atoms with Gasteiger partial charge in [-0.1, -0.05) is 90.4 Å². The predicted molar refractivity (Wildman–Crippen MR) is 148 cm³/mol. The summed E-state index contributed by atoms with van der Waals surface area (Å²) < 4.78 is 22.6. The summed E-state index contributed by atoms with van der Waals surface area (Å²) >= 11 is 1.73. The number of unbranched alkanes of at least 4 members (excludes halogenated alkanes) is 13. The lowest BCUT2D eigenvalue weighted by molar-refractivity contribution is -0.870. The number of thioether (sulfide) groups is 1. The van der Waals surface area contributed by atoms with Gasteiger partial charge in [-0.05, 0) is 12.2 Å². The third-order valence-electron chi connectivity index (χ3n) is 5.81. The van der Waals surface area contributed by atoms with Gasteiger partial charge >= 0.3 is 0 Å². The first kappa shape index (κ1) is 34.9. The Morgan fingerprint density at radius 1 is 0.886 bits per heavy atom. The summed E-state index contributed by atoms with van der Waals surface area (Å²) in [6, 6.07) is -0.353. The normalized spacial score (nSPS) is 14.6. The van der Waals surface area contributed by atoms with Gasteiger partial charge in [-0.25, -0.2) is 0 Å². The molecule has 0 aliphatic heterocycles. The Bertz CT molecular complexity index is 560. The number of carbonyl (C=O) groups is 1. The first-order valence-electron chi connectivity index (χ1n) is 13.8. The number of nitrogens with zero attached hydrogens (tertiary/aromatic N) is 1. The number of quaternary nitrogens is 1. The number of hydrogen-bond donors (Lipinski definition) is 1. The summed E-state index contributed by atoms with van der Waals surface area (Å²) in [7, 11) is 1.51. The van der Waals surface area contributed by atoms with Crippen LogP contribution in [0, 0.1) is 0 Å². The van der Waals surface area contributed by atoms with Gasteiger partial charge in [0, 0.05) is 12.7 Å². The number of likely N-dealkylation sites (N-methyl/N-ethyl adjacent to an activating group) is 1. The molecule has 0 fully saturated rings. The summed E-state index contributed by atoms with van der Waals surface area (Å²) in [5, 5.41) is 2.78. The molecule has 9 heteroatoms. The second-order valence-corrected chi connectivity index (χ2v) is 13.2. The van der Waals surface area contributed by atoms with Gasteiger partial charge in [0.05, 0.1) is 33.8 Å². The second kappa shape index (κ2) is 21.9. The van der Waals surface area contributed by atoms with E-state index < -0.39 is 7.82 Å². The van der Waals surface area contributed by atoms with E-state index in [4.69, 9.17) is 9.05 Å². The zero-order valence-corrected chi connectivity index (χ0v) is 25.1. The molecule has 1 N–H and O–H groups in total. The van der Waals surface area contributed by atoms with Gasteiger partial charge in [0.1, 0.15) is 13.2 Å². The molecule has 0 spiro atoms. The Labute approximate surface area is 220 Å². The molecule has 0 aromatic heterocycles. The third-order valence-corrected chi connectivity index (χ3v) is 7.99. The summed E-state index contributed by atoms with van der Waals surface area (Å²) in [5.74, 6) is 1.43. The SMILES string of the molecule is CCCCCCCCCCCCCCCCSCC(COP(=O)([O-])OCC[N+](C)(C)C)NC(C)=O. The van der Waals surface area contributed by atoms with Crippen molar-refractivity contribution in [2.75, 3.05) is 52.4 Å². The molecule has 0 heterocycles. The van der Waals surface area contributed by atoms with E-state index in [1.54, 1.807) is 11.8 Å². The largest absolute Gasteiger partial charge is 0.756 e. The monoisotopic (exact) mass is 538 g/mol.